The van der Waals surface area contributed by atoms with Crippen molar-refractivity contribution in [2.24, 2.45) is 11.3 Å². The zero-order valence-corrected chi connectivity index (χ0v) is 11.3. The maximum Gasteiger partial charge on any atom is 0.172 e. The molecule has 0 bridgehead atoms. The van der Waals surface area contributed by atoms with Crippen LogP contribution in [-0.2, 0) is 19.7 Å². The molecule has 98 valence electrons. The van der Waals surface area contributed by atoms with Gasteiger partial charge < -0.3 is 4.74 Å². The molecule has 3 heteroatoms. The topological polar surface area (TPSA) is 46.7 Å². The summed E-state index contributed by atoms with van der Waals surface area (Å²) >= 11 is 0. The molecule has 1 aromatic carbocycles. The van der Waals surface area contributed by atoms with Crippen molar-refractivity contribution in [1.29, 1.82) is 0 Å². The highest BCUT2D eigenvalue weighted by molar-refractivity contribution is 6.16. The van der Waals surface area contributed by atoms with E-state index in [0.29, 0.717) is 0 Å². The number of hydrogen-bond donors (Lipinski definition) is 0. The quantitative estimate of drug-likeness (QED) is 0.721. The fourth-order valence-electron chi connectivity index (χ4n) is 4.23. The summed E-state index contributed by atoms with van der Waals surface area (Å²) in [5.41, 5.74) is -0.726. The molecule has 3 aliphatic rings. The lowest BCUT2D eigenvalue weighted by Gasteiger charge is -2.17. The molecule has 2 saturated carbocycles. The van der Waals surface area contributed by atoms with Gasteiger partial charge in [0.15, 0.2) is 23.3 Å². The Labute approximate surface area is 111 Å². The summed E-state index contributed by atoms with van der Waals surface area (Å²) in [6.45, 7) is 5.71. The average Bonchev–Trinajstić information content (AvgIpc) is 3.24. The van der Waals surface area contributed by atoms with Crippen LogP contribution in [0.15, 0.2) is 30.3 Å². The van der Waals surface area contributed by atoms with Crippen molar-refractivity contribution >= 4 is 11.6 Å². The van der Waals surface area contributed by atoms with E-state index in [2.05, 4.69) is 0 Å². The van der Waals surface area contributed by atoms with Gasteiger partial charge >= 0.3 is 0 Å². The molecule has 19 heavy (non-hydrogen) atoms. The second kappa shape index (κ2) is 2.83. The summed E-state index contributed by atoms with van der Waals surface area (Å²) in [5, 5.41) is 0. The van der Waals surface area contributed by atoms with Gasteiger partial charge in [-0.25, -0.2) is 0 Å². The minimum absolute atomic E-state index is 0.103. The number of ketones is 2. The monoisotopic (exact) mass is 256 g/mol. The number of hydrogen-bond acceptors (Lipinski definition) is 3. The number of Topliss-reactive ketones (excluding diaryl/α,β-unsaturated/α-hetero) is 2. The molecule has 0 N–H and O–H groups in total. The minimum Gasteiger partial charge on any atom is -0.350 e. The van der Waals surface area contributed by atoms with Crippen molar-refractivity contribution in [2.45, 2.75) is 37.9 Å². The molecule has 1 heterocycles. The van der Waals surface area contributed by atoms with Gasteiger partial charge in [0.1, 0.15) is 0 Å². The second-order valence-corrected chi connectivity index (χ2v) is 6.54. The number of fused-ring (bicyclic) bond motifs is 2. The first kappa shape index (κ1) is 11.4. The maximum absolute atomic E-state index is 12.6. The Hall–Kier alpha value is -1.48. The predicted octanol–water partition coefficient (Wildman–Crippen LogP) is 1.89. The largest absolute Gasteiger partial charge is 0.350 e. The van der Waals surface area contributed by atoms with Gasteiger partial charge in [0.2, 0.25) is 0 Å². The van der Waals surface area contributed by atoms with Gasteiger partial charge in [-0.15, -0.1) is 0 Å². The first-order valence-electron chi connectivity index (χ1n) is 6.70. The Morgan fingerprint density at radius 2 is 1.58 bits per heavy atom. The summed E-state index contributed by atoms with van der Waals surface area (Å²) in [6, 6.07) is 9.90. The Balaban J connectivity index is 1.87. The highest BCUT2D eigenvalue weighted by Gasteiger charge is 2.88. The number of carbonyl (C=O) groups is 2. The van der Waals surface area contributed by atoms with Crippen LogP contribution in [0.4, 0.5) is 0 Å². The van der Waals surface area contributed by atoms with E-state index in [1.807, 2.05) is 44.2 Å². The fourth-order valence-corrected chi connectivity index (χ4v) is 4.23. The van der Waals surface area contributed by atoms with Crippen molar-refractivity contribution in [3.63, 3.8) is 0 Å². The van der Waals surface area contributed by atoms with E-state index in [0.717, 1.165) is 5.56 Å². The van der Waals surface area contributed by atoms with Crippen LogP contribution < -0.4 is 0 Å². The van der Waals surface area contributed by atoms with E-state index >= 15 is 0 Å². The Morgan fingerprint density at radius 1 is 0.947 bits per heavy atom. The van der Waals surface area contributed by atoms with Crippen molar-refractivity contribution in [3.05, 3.63) is 35.9 Å². The number of carbonyl (C=O) groups excluding carboxylic acids is 2. The third-order valence-electron chi connectivity index (χ3n) is 5.83. The normalized spacial score (nSPS) is 50.5. The zero-order valence-electron chi connectivity index (χ0n) is 11.3. The molecule has 0 spiro atoms. The Kier molecular flexibility index (Phi) is 1.69. The van der Waals surface area contributed by atoms with Crippen molar-refractivity contribution < 1.29 is 14.3 Å². The highest BCUT2D eigenvalue weighted by atomic mass is 16.6. The van der Waals surface area contributed by atoms with E-state index in [1.54, 1.807) is 6.92 Å². The van der Waals surface area contributed by atoms with E-state index in [4.69, 9.17) is 4.74 Å². The van der Waals surface area contributed by atoms with Crippen LogP contribution >= 0.6 is 0 Å². The standard InChI is InChI=1S/C16H16O3/c1-14(9-7-5-4-6-8-9)10-11(17)16(3)13(19-16)12(18)15(10,14)2/h4-8,10,13H,1-3H3/t10?,13?,14-,15+,16+/m1/s1. The van der Waals surface area contributed by atoms with Crippen LogP contribution in [0.25, 0.3) is 0 Å². The summed E-state index contributed by atoms with van der Waals surface area (Å²) in [7, 11) is 0. The number of ether oxygens (including phenoxy) is 1. The minimum atomic E-state index is -0.839. The molecule has 1 saturated heterocycles. The van der Waals surface area contributed by atoms with E-state index in [-0.39, 0.29) is 22.9 Å². The van der Waals surface area contributed by atoms with Crippen molar-refractivity contribution in [3.8, 4) is 0 Å². The average molecular weight is 256 g/mol. The summed E-state index contributed by atoms with van der Waals surface area (Å²) in [4.78, 5) is 25.2. The van der Waals surface area contributed by atoms with Crippen LogP contribution in [0, 0.1) is 11.3 Å². The first-order chi connectivity index (χ1) is 8.88. The Bertz CT molecular complexity index is 620. The number of benzene rings is 1. The van der Waals surface area contributed by atoms with Gasteiger partial charge in [0.05, 0.1) is 0 Å². The summed E-state index contributed by atoms with van der Waals surface area (Å²) in [6.07, 6.45) is -0.508. The van der Waals surface area contributed by atoms with E-state index in [9.17, 15) is 9.59 Å². The lowest BCUT2D eigenvalue weighted by molar-refractivity contribution is -0.132. The fraction of sp³-hybridized carbons (Fsp3) is 0.500. The van der Waals surface area contributed by atoms with E-state index < -0.39 is 17.1 Å². The molecule has 0 radical (unpaired) electrons. The van der Waals surface area contributed by atoms with Crippen LogP contribution in [0.5, 0.6) is 0 Å². The zero-order chi connectivity index (χ0) is 13.6. The number of rotatable bonds is 1. The van der Waals surface area contributed by atoms with Crippen LogP contribution in [-0.4, -0.2) is 23.3 Å². The molecular formula is C16H16O3. The third kappa shape index (κ3) is 0.951. The maximum atomic E-state index is 12.6. The third-order valence-corrected chi connectivity index (χ3v) is 5.83. The molecule has 3 fully saturated rings. The van der Waals surface area contributed by atoms with Crippen LogP contribution in [0.2, 0.25) is 0 Å². The molecule has 5 atom stereocenters. The lowest BCUT2D eigenvalue weighted by atomic mass is 9.80. The van der Waals surface area contributed by atoms with Gasteiger partial charge in [-0.2, -0.15) is 0 Å². The Morgan fingerprint density at radius 3 is 2.21 bits per heavy atom. The summed E-state index contributed by atoms with van der Waals surface area (Å²) < 4.78 is 5.39. The molecule has 1 aliphatic heterocycles. The molecule has 2 unspecified atom stereocenters. The summed E-state index contributed by atoms with van der Waals surface area (Å²) in [5.74, 6) is -0.0319. The molecular weight excluding hydrogens is 240 g/mol. The van der Waals surface area contributed by atoms with Crippen molar-refractivity contribution in [1.82, 2.24) is 0 Å². The highest BCUT2D eigenvalue weighted by Crippen LogP contribution is 2.76. The van der Waals surface area contributed by atoms with Gasteiger partial charge in [-0.05, 0) is 12.5 Å². The number of epoxide rings is 1. The van der Waals surface area contributed by atoms with Gasteiger partial charge in [-0.1, -0.05) is 44.2 Å². The smallest absolute Gasteiger partial charge is 0.172 e. The SMILES string of the molecule is C[C@@]12OC1C(=O)[C@]1(C)C(C2=O)[C@@]1(C)c1ccccc1. The van der Waals surface area contributed by atoms with Gasteiger partial charge in [-0.3, -0.25) is 9.59 Å². The molecule has 4 rings (SSSR count). The second-order valence-electron chi connectivity index (χ2n) is 6.54. The molecule has 0 aromatic heterocycles. The van der Waals surface area contributed by atoms with E-state index in [1.165, 1.54) is 0 Å². The van der Waals surface area contributed by atoms with Crippen LogP contribution in [0.1, 0.15) is 26.3 Å². The molecule has 3 nitrogen and oxygen atoms in total. The van der Waals surface area contributed by atoms with Crippen LogP contribution in [0.3, 0.4) is 0 Å². The van der Waals surface area contributed by atoms with Gasteiger partial charge in [0.25, 0.3) is 0 Å². The first-order valence-corrected chi connectivity index (χ1v) is 6.70. The predicted molar refractivity (Wildman–Crippen MR) is 68.7 cm³/mol. The molecule has 2 aliphatic carbocycles. The molecule has 1 aromatic rings. The van der Waals surface area contributed by atoms with Crippen molar-refractivity contribution in [2.75, 3.05) is 0 Å². The molecule has 0 amide bonds. The lowest BCUT2D eigenvalue weighted by Crippen LogP contribution is -2.39. The van der Waals surface area contributed by atoms with Gasteiger partial charge in [0, 0.05) is 16.7 Å².